The fraction of sp³-hybridized carbons (Fsp3) is 0. The van der Waals surface area contributed by atoms with Crippen molar-refractivity contribution in [1.82, 2.24) is 9.97 Å². The highest BCUT2D eigenvalue weighted by molar-refractivity contribution is 6.07. The molecule has 0 saturated carbocycles. The van der Waals surface area contributed by atoms with E-state index in [1.807, 2.05) is 36.4 Å². The van der Waals surface area contributed by atoms with Crippen molar-refractivity contribution < 1.29 is 8.83 Å². The van der Waals surface area contributed by atoms with Crippen molar-refractivity contribution in [2.45, 2.75) is 0 Å². The van der Waals surface area contributed by atoms with Crippen LogP contribution in [-0.2, 0) is 0 Å². The molecule has 0 saturated heterocycles. The van der Waals surface area contributed by atoms with Gasteiger partial charge in [0.15, 0.2) is 5.76 Å². The molecule has 5 rings (SSSR count). The molecule has 23 heavy (non-hydrogen) atoms. The maximum Gasteiger partial charge on any atom is 0.152 e. The van der Waals surface area contributed by atoms with Crippen LogP contribution in [0.1, 0.15) is 0 Å². The number of furan rings is 2. The third kappa shape index (κ3) is 1.89. The van der Waals surface area contributed by atoms with Gasteiger partial charge < -0.3 is 13.8 Å². The van der Waals surface area contributed by atoms with Crippen LogP contribution >= 0.6 is 0 Å². The Morgan fingerprint density at radius 2 is 1.61 bits per heavy atom. The molecule has 0 radical (unpaired) electrons. The second-order valence-corrected chi connectivity index (χ2v) is 5.43. The van der Waals surface area contributed by atoms with Crippen molar-refractivity contribution in [3.63, 3.8) is 0 Å². The molecule has 0 bridgehead atoms. The molecule has 4 heteroatoms. The van der Waals surface area contributed by atoms with E-state index < -0.39 is 0 Å². The number of H-pyrrole nitrogens is 1. The van der Waals surface area contributed by atoms with E-state index in [2.05, 4.69) is 28.2 Å². The highest BCUT2D eigenvalue weighted by Gasteiger charge is 2.10. The molecular weight excluding hydrogens is 288 g/mol. The van der Waals surface area contributed by atoms with Gasteiger partial charge in [-0.2, -0.15) is 0 Å². The molecule has 0 aliphatic heterocycles. The summed E-state index contributed by atoms with van der Waals surface area (Å²) in [5.74, 6) is 1.63. The molecule has 5 aromatic rings. The summed E-state index contributed by atoms with van der Waals surface area (Å²) in [4.78, 5) is 8.04. The maximum absolute atomic E-state index is 5.49. The number of hydrogen-bond acceptors (Lipinski definition) is 3. The van der Waals surface area contributed by atoms with Gasteiger partial charge in [-0.05, 0) is 54.6 Å². The maximum atomic E-state index is 5.49. The summed E-state index contributed by atoms with van der Waals surface area (Å²) < 4.78 is 10.9. The van der Waals surface area contributed by atoms with Crippen molar-refractivity contribution in [3.8, 4) is 22.8 Å². The van der Waals surface area contributed by atoms with E-state index >= 15 is 0 Å². The number of rotatable bonds is 2. The molecule has 110 valence electrons. The van der Waals surface area contributed by atoms with Crippen molar-refractivity contribution in [2.75, 3.05) is 0 Å². The Kier molecular flexibility index (Phi) is 2.46. The van der Waals surface area contributed by atoms with Crippen LogP contribution in [0, 0.1) is 0 Å². The smallest absolute Gasteiger partial charge is 0.152 e. The van der Waals surface area contributed by atoms with E-state index in [0.29, 0.717) is 0 Å². The van der Waals surface area contributed by atoms with Gasteiger partial charge in [-0.1, -0.05) is 0 Å². The predicted molar refractivity (Wildman–Crippen MR) is 89.0 cm³/mol. The quantitative estimate of drug-likeness (QED) is 0.485. The summed E-state index contributed by atoms with van der Waals surface area (Å²) in [5.41, 5.74) is 3.78. The summed E-state index contributed by atoms with van der Waals surface area (Å²) in [6, 6.07) is 17.9. The molecule has 4 aromatic heterocycles. The molecule has 0 aliphatic carbocycles. The molecule has 0 spiro atoms. The van der Waals surface area contributed by atoms with E-state index in [0.717, 1.165) is 44.7 Å². The second kappa shape index (κ2) is 4.61. The van der Waals surface area contributed by atoms with Gasteiger partial charge in [0.25, 0.3) is 0 Å². The lowest BCUT2D eigenvalue weighted by Gasteiger charge is -1.98. The van der Waals surface area contributed by atoms with Crippen LogP contribution < -0.4 is 0 Å². The molecule has 4 nitrogen and oxygen atoms in total. The zero-order valence-corrected chi connectivity index (χ0v) is 12.1. The average Bonchev–Trinajstić information content (AvgIpc) is 3.33. The number of benzene rings is 1. The van der Waals surface area contributed by atoms with E-state index in [9.17, 15) is 0 Å². The van der Waals surface area contributed by atoms with Crippen LogP contribution in [0.3, 0.4) is 0 Å². The van der Waals surface area contributed by atoms with Crippen LogP contribution in [-0.4, -0.2) is 9.97 Å². The van der Waals surface area contributed by atoms with Crippen LogP contribution in [0.25, 0.3) is 44.7 Å². The molecule has 1 aromatic carbocycles. The zero-order chi connectivity index (χ0) is 15.2. The average molecular weight is 300 g/mol. The molecule has 1 N–H and O–H groups in total. The van der Waals surface area contributed by atoms with Crippen molar-refractivity contribution in [3.05, 3.63) is 67.1 Å². The summed E-state index contributed by atoms with van der Waals surface area (Å²) in [7, 11) is 0. The third-order valence-corrected chi connectivity index (χ3v) is 4.04. The molecule has 4 heterocycles. The number of nitrogens with zero attached hydrogens (tertiary/aromatic N) is 1. The standard InChI is InChI=1S/C19H12N2O2/c1-3-17(22-9-1)12-5-7-15-14(11-12)13-6-8-16(21-19(13)20-15)18-4-2-10-23-18/h1-11H,(H,20,21). The fourth-order valence-corrected chi connectivity index (χ4v) is 2.93. The first-order valence-electron chi connectivity index (χ1n) is 7.39. The van der Waals surface area contributed by atoms with Gasteiger partial charge in [0.1, 0.15) is 17.1 Å². The molecule has 0 fully saturated rings. The van der Waals surface area contributed by atoms with Crippen LogP contribution in [0.2, 0.25) is 0 Å². The fourth-order valence-electron chi connectivity index (χ4n) is 2.93. The van der Waals surface area contributed by atoms with E-state index in [4.69, 9.17) is 8.83 Å². The minimum absolute atomic E-state index is 0.766. The minimum Gasteiger partial charge on any atom is -0.464 e. The summed E-state index contributed by atoms with van der Waals surface area (Å²) in [6.45, 7) is 0. The number of aromatic nitrogens is 2. The number of nitrogens with one attached hydrogen (secondary N) is 1. The van der Waals surface area contributed by atoms with Crippen molar-refractivity contribution in [1.29, 1.82) is 0 Å². The van der Waals surface area contributed by atoms with Gasteiger partial charge >= 0.3 is 0 Å². The van der Waals surface area contributed by atoms with Crippen LogP contribution in [0.5, 0.6) is 0 Å². The van der Waals surface area contributed by atoms with Gasteiger partial charge in [-0.3, -0.25) is 0 Å². The monoisotopic (exact) mass is 300 g/mol. The molecule has 0 unspecified atom stereocenters. The topological polar surface area (TPSA) is 55.0 Å². The third-order valence-electron chi connectivity index (χ3n) is 4.04. The summed E-state index contributed by atoms with van der Waals surface area (Å²) in [5, 5.41) is 2.22. The Balaban J connectivity index is 1.73. The van der Waals surface area contributed by atoms with Gasteiger partial charge in [-0.15, -0.1) is 0 Å². The first kappa shape index (κ1) is 12.3. The van der Waals surface area contributed by atoms with Crippen molar-refractivity contribution in [2.24, 2.45) is 0 Å². The Hall–Kier alpha value is -3.27. The van der Waals surface area contributed by atoms with E-state index in [1.54, 1.807) is 12.5 Å². The van der Waals surface area contributed by atoms with E-state index in [-0.39, 0.29) is 0 Å². The predicted octanol–water partition coefficient (Wildman–Crippen LogP) is 5.24. The van der Waals surface area contributed by atoms with Gasteiger partial charge in [0, 0.05) is 21.9 Å². The number of hydrogen-bond donors (Lipinski definition) is 1. The minimum atomic E-state index is 0.766. The van der Waals surface area contributed by atoms with Gasteiger partial charge in [0.05, 0.1) is 12.5 Å². The van der Waals surface area contributed by atoms with Crippen LogP contribution in [0.15, 0.2) is 76.0 Å². The lowest BCUT2D eigenvalue weighted by Crippen LogP contribution is -1.81. The lowest BCUT2D eigenvalue weighted by molar-refractivity contribution is 0.580. The zero-order valence-electron chi connectivity index (χ0n) is 12.1. The summed E-state index contributed by atoms with van der Waals surface area (Å²) in [6.07, 6.45) is 3.34. The Labute approximate surface area is 131 Å². The first-order valence-corrected chi connectivity index (χ1v) is 7.39. The number of fused-ring (bicyclic) bond motifs is 3. The molecule has 0 amide bonds. The second-order valence-electron chi connectivity index (χ2n) is 5.43. The molecular formula is C19H12N2O2. The van der Waals surface area contributed by atoms with Crippen molar-refractivity contribution >= 4 is 21.9 Å². The normalized spacial score (nSPS) is 11.5. The number of aromatic amines is 1. The SMILES string of the molecule is c1coc(-c2ccc3[nH]c4nc(-c5ccco5)ccc4c3c2)c1. The summed E-state index contributed by atoms with van der Waals surface area (Å²) >= 11 is 0. The van der Waals surface area contributed by atoms with Gasteiger partial charge in [-0.25, -0.2) is 4.98 Å². The highest BCUT2D eigenvalue weighted by atomic mass is 16.3. The largest absolute Gasteiger partial charge is 0.464 e. The molecule has 0 aliphatic rings. The Bertz CT molecular complexity index is 1100. The lowest BCUT2D eigenvalue weighted by atomic mass is 10.1. The Morgan fingerprint density at radius 1 is 0.783 bits per heavy atom. The Morgan fingerprint density at radius 3 is 2.39 bits per heavy atom. The van der Waals surface area contributed by atoms with E-state index in [1.165, 1.54) is 0 Å². The van der Waals surface area contributed by atoms with Crippen LogP contribution in [0.4, 0.5) is 0 Å². The number of pyridine rings is 1. The van der Waals surface area contributed by atoms with Gasteiger partial charge in [0.2, 0.25) is 0 Å². The first-order chi connectivity index (χ1) is 11.4. The molecule has 0 atom stereocenters. The highest BCUT2D eigenvalue weighted by Crippen LogP contribution is 2.31.